The Hall–Kier alpha value is -0.900. The van der Waals surface area contributed by atoms with Gasteiger partial charge >= 0.3 is 0 Å². The number of carbonyl (C=O) groups is 2. The Bertz CT molecular complexity index is 223. The van der Waals surface area contributed by atoms with Crippen molar-refractivity contribution in [3.63, 3.8) is 0 Å². The topological polar surface area (TPSA) is 57.6 Å². The highest BCUT2D eigenvalue weighted by atomic mass is 16.3. The van der Waals surface area contributed by atoms with Gasteiger partial charge in [-0.2, -0.15) is 0 Å². The van der Waals surface area contributed by atoms with Gasteiger partial charge in [-0.25, -0.2) is 0 Å². The van der Waals surface area contributed by atoms with Crippen molar-refractivity contribution >= 4 is 11.7 Å². The molecule has 4 nitrogen and oxygen atoms in total. The van der Waals surface area contributed by atoms with Crippen LogP contribution in [0.25, 0.3) is 0 Å². The quantitative estimate of drug-likeness (QED) is 0.708. The van der Waals surface area contributed by atoms with Crippen LogP contribution in [-0.2, 0) is 9.59 Å². The Labute approximate surface area is 84.9 Å². The van der Waals surface area contributed by atoms with E-state index in [2.05, 4.69) is 0 Å². The van der Waals surface area contributed by atoms with Crippen LogP contribution in [0.1, 0.15) is 33.6 Å². The van der Waals surface area contributed by atoms with Gasteiger partial charge in [-0.3, -0.25) is 4.79 Å². The molecular weight excluding hydrogens is 182 g/mol. The van der Waals surface area contributed by atoms with Gasteiger partial charge in [-0.15, -0.1) is 0 Å². The molecule has 0 aromatic heterocycles. The molecule has 0 aliphatic carbocycles. The van der Waals surface area contributed by atoms with Gasteiger partial charge in [-0.05, 0) is 20.8 Å². The van der Waals surface area contributed by atoms with Crippen LogP contribution < -0.4 is 0 Å². The maximum Gasteiger partial charge on any atom is 0.223 e. The highest BCUT2D eigenvalue weighted by molar-refractivity contribution is 5.83. The first-order valence-electron chi connectivity index (χ1n) is 4.68. The fourth-order valence-corrected chi connectivity index (χ4v) is 0.894. The fraction of sp³-hybridized carbons (Fsp3) is 0.800. The minimum atomic E-state index is -0.562. The van der Waals surface area contributed by atoms with Crippen LogP contribution >= 0.6 is 0 Å². The van der Waals surface area contributed by atoms with E-state index in [0.717, 1.165) is 0 Å². The zero-order chi connectivity index (χ0) is 11.4. The third-order valence-electron chi connectivity index (χ3n) is 2.36. The Morgan fingerprint density at radius 2 is 1.79 bits per heavy atom. The molecule has 0 aliphatic heterocycles. The lowest BCUT2D eigenvalue weighted by atomic mass is 10.0. The molecule has 0 aromatic rings. The monoisotopic (exact) mass is 201 g/mol. The third kappa shape index (κ3) is 3.87. The van der Waals surface area contributed by atoms with Gasteiger partial charge < -0.3 is 14.8 Å². The lowest BCUT2D eigenvalue weighted by Crippen LogP contribution is -2.47. The number of nitrogens with zero attached hydrogens (tertiary/aromatic N) is 1. The standard InChI is InChI=1S/C10H19NO3/c1-8(13)5-6-9(14)11(4)10(2,3)7-12/h12H,5-7H2,1-4H3. The van der Waals surface area contributed by atoms with E-state index in [-0.39, 0.29) is 31.1 Å². The van der Waals surface area contributed by atoms with Crippen LogP contribution in [0.3, 0.4) is 0 Å². The molecule has 0 fully saturated rings. The van der Waals surface area contributed by atoms with Crippen molar-refractivity contribution in [2.75, 3.05) is 13.7 Å². The molecule has 0 aromatic carbocycles. The third-order valence-corrected chi connectivity index (χ3v) is 2.36. The molecular formula is C10H19NO3. The SMILES string of the molecule is CC(=O)CCC(=O)N(C)C(C)(C)CO. The van der Waals surface area contributed by atoms with E-state index < -0.39 is 5.54 Å². The molecule has 0 heterocycles. The summed E-state index contributed by atoms with van der Waals surface area (Å²) in [6.45, 7) is 4.93. The van der Waals surface area contributed by atoms with Crippen LogP contribution in [-0.4, -0.2) is 40.9 Å². The molecule has 4 heteroatoms. The molecule has 0 bridgehead atoms. The van der Waals surface area contributed by atoms with Crippen molar-refractivity contribution in [2.45, 2.75) is 39.2 Å². The minimum absolute atomic E-state index is 0.00792. The molecule has 0 radical (unpaired) electrons. The Balaban J connectivity index is 4.19. The van der Waals surface area contributed by atoms with Crippen molar-refractivity contribution in [3.8, 4) is 0 Å². The second-order valence-electron chi connectivity index (χ2n) is 4.13. The van der Waals surface area contributed by atoms with Gasteiger partial charge in [0.05, 0.1) is 12.1 Å². The van der Waals surface area contributed by atoms with Gasteiger partial charge in [0.2, 0.25) is 5.91 Å². The first kappa shape index (κ1) is 13.1. The number of hydrogen-bond acceptors (Lipinski definition) is 3. The second-order valence-corrected chi connectivity index (χ2v) is 4.13. The summed E-state index contributed by atoms with van der Waals surface area (Å²) in [5.41, 5.74) is -0.562. The van der Waals surface area contributed by atoms with Crippen molar-refractivity contribution in [1.29, 1.82) is 0 Å². The molecule has 0 spiro atoms. The number of rotatable bonds is 5. The number of aliphatic hydroxyl groups is 1. The predicted octanol–water partition coefficient (Wildman–Crippen LogP) is 0.585. The Morgan fingerprint density at radius 1 is 1.29 bits per heavy atom. The lowest BCUT2D eigenvalue weighted by Gasteiger charge is -2.33. The average Bonchev–Trinajstić information content (AvgIpc) is 2.12. The van der Waals surface area contributed by atoms with Gasteiger partial charge in [0.15, 0.2) is 0 Å². The van der Waals surface area contributed by atoms with Crippen LogP contribution in [0.2, 0.25) is 0 Å². The van der Waals surface area contributed by atoms with E-state index in [0.29, 0.717) is 0 Å². The molecule has 14 heavy (non-hydrogen) atoms. The van der Waals surface area contributed by atoms with Gasteiger partial charge in [0.25, 0.3) is 0 Å². The van der Waals surface area contributed by atoms with E-state index in [9.17, 15) is 9.59 Å². The zero-order valence-electron chi connectivity index (χ0n) is 9.33. The highest BCUT2D eigenvalue weighted by Crippen LogP contribution is 2.12. The zero-order valence-corrected chi connectivity index (χ0v) is 9.33. The summed E-state index contributed by atoms with van der Waals surface area (Å²) in [6, 6.07) is 0. The maximum absolute atomic E-state index is 11.5. The summed E-state index contributed by atoms with van der Waals surface area (Å²) in [5, 5.41) is 9.03. The molecule has 0 saturated heterocycles. The maximum atomic E-state index is 11.5. The van der Waals surface area contributed by atoms with Crippen molar-refractivity contribution in [1.82, 2.24) is 4.90 Å². The number of hydrogen-bond donors (Lipinski definition) is 1. The van der Waals surface area contributed by atoms with E-state index in [1.807, 2.05) is 0 Å². The molecule has 1 N–H and O–H groups in total. The Kier molecular flexibility index (Phi) is 4.77. The molecule has 0 atom stereocenters. The van der Waals surface area contributed by atoms with Crippen molar-refractivity contribution in [2.24, 2.45) is 0 Å². The van der Waals surface area contributed by atoms with E-state index in [4.69, 9.17) is 5.11 Å². The second kappa shape index (κ2) is 5.10. The van der Waals surface area contributed by atoms with Gasteiger partial charge in [0.1, 0.15) is 5.78 Å². The predicted molar refractivity (Wildman–Crippen MR) is 53.8 cm³/mol. The highest BCUT2D eigenvalue weighted by Gasteiger charge is 2.26. The molecule has 82 valence electrons. The first-order valence-corrected chi connectivity index (χ1v) is 4.68. The molecule has 1 amide bonds. The van der Waals surface area contributed by atoms with Crippen LogP contribution in [0.15, 0.2) is 0 Å². The van der Waals surface area contributed by atoms with E-state index in [1.165, 1.54) is 11.8 Å². The molecule has 0 rings (SSSR count). The molecule has 0 saturated carbocycles. The number of Topliss-reactive ketones (excluding diaryl/α,β-unsaturated/α-hetero) is 1. The number of aliphatic hydroxyl groups excluding tert-OH is 1. The van der Waals surface area contributed by atoms with Crippen LogP contribution in [0.5, 0.6) is 0 Å². The number of ketones is 1. The van der Waals surface area contributed by atoms with E-state index >= 15 is 0 Å². The summed E-state index contributed by atoms with van der Waals surface area (Å²) < 4.78 is 0. The van der Waals surface area contributed by atoms with Crippen molar-refractivity contribution in [3.05, 3.63) is 0 Å². The summed E-state index contributed by atoms with van der Waals surface area (Å²) >= 11 is 0. The summed E-state index contributed by atoms with van der Waals surface area (Å²) in [6.07, 6.45) is 0.486. The van der Waals surface area contributed by atoms with Crippen LogP contribution in [0, 0.1) is 0 Å². The van der Waals surface area contributed by atoms with Crippen molar-refractivity contribution < 1.29 is 14.7 Å². The summed E-state index contributed by atoms with van der Waals surface area (Å²) in [5.74, 6) is -0.104. The van der Waals surface area contributed by atoms with Gasteiger partial charge in [-0.1, -0.05) is 0 Å². The molecule has 0 aliphatic rings. The lowest BCUT2D eigenvalue weighted by molar-refractivity contribution is -0.137. The van der Waals surface area contributed by atoms with Gasteiger partial charge in [0, 0.05) is 19.9 Å². The first-order chi connectivity index (χ1) is 6.31. The smallest absolute Gasteiger partial charge is 0.223 e. The normalized spacial score (nSPS) is 11.2. The number of carbonyl (C=O) groups excluding carboxylic acids is 2. The fourth-order valence-electron chi connectivity index (χ4n) is 0.894. The summed E-state index contributed by atoms with van der Waals surface area (Å²) in [4.78, 5) is 23.7. The van der Waals surface area contributed by atoms with Crippen LogP contribution in [0.4, 0.5) is 0 Å². The Morgan fingerprint density at radius 3 is 2.14 bits per heavy atom. The van der Waals surface area contributed by atoms with E-state index in [1.54, 1.807) is 20.9 Å². The summed E-state index contributed by atoms with van der Waals surface area (Å²) in [7, 11) is 1.64. The average molecular weight is 201 g/mol. The number of amides is 1. The largest absolute Gasteiger partial charge is 0.394 e. The molecule has 0 unspecified atom stereocenters. The number of likely N-dealkylation sites (N-methyl/N-ethyl adjacent to an activating group) is 1. The minimum Gasteiger partial charge on any atom is -0.394 e.